The first-order valence-corrected chi connectivity index (χ1v) is 5.70. The Morgan fingerprint density at radius 3 is 2.60 bits per heavy atom. The van der Waals surface area contributed by atoms with Gasteiger partial charge in [-0.3, -0.25) is 0 Å². The highest BCUT2D eigenvalue weighted by molar-refractivity contribution is 5.72. The van der Waals surface area contributed by atoms with Crippen molar-refractivity contribution in [2.24, 2.45) is 0 Å². The highest BCUT2D eigenvalue weighted by atomic mass is 16.3. The van der Waals surface area contributed by atoms with Crippen LogP contribution < -0.4 is 0 Å². The molecule has 1 N–H and O–H groups in total. The molecule has 0 amide bonds. The monoisotopic (exact) mass is 204 g/mol. The summed E-state index contributed by atoms with van der Waals surface area (Å²) in [6.45, 7) is 6.32. The van der Waals surface area contributed by atoms with Crippen LogP contribution in [0.25, 0.3) is 5.57 Å². The maximum atomic E-state index is 9.91. The largest absolute Gasteiger partial charge is 0.507 e. The van der Waals surface area contributed by atoms with Crippen LogP contribution in [-0.2, 0) is 6.42 Å². The smallest absolute Gasteiger partial charge is 0.123 e. The van der Waals surface area contributed by atoms with Crippen molar-refractivity contribution in [3.05, 3.63) is 35.4 Å². The highest BCUT2D eigenvalue weighted by Gasteiger charge is 2.09. The van der Waals surface area contributed by atoms with Gasteiger partial charge in [-0.1, -0.05) is 38.5 Å². The summed E-state index contributed by atoms with van der Waals surface area (Å²) >= 11 is 0. The Balaban J connectivity index is 3.21. The minimum atomic E-state index is 0.413. The number of aromatic hydroxyl groups is 1. The lowest BCUT2D eigenvalue weighted by Gasteiger charge is -2.13. The van der Waals surface area contributed by atoms with Crippen molar-refractivity contribution < 1.29 is 5.11 Å². The average molecular weight is 204 g/mol. The third-order valence-electron chi connectivity index (χ3n) is 2.70. The van der Waals surface area contributed by atoms with Gasteiger partial charge in [-0.05, 0) is 37.0 Å². The normalized spacial score (nSPS) is 11.8. The fraction of sp³-hybridized carbons (Fsp3) is 0.429. The van der Waals surface area contributed by atoms with Crippen molar-refractivity contribution in [2.45, 2.75) is 40.0 Å². The Labute approximate surface area is 92.5 Å². The molecular weight excluding hydrogens is 184 g/mol. The fourth-order valence-corrected chi connectivity index (χ4v) is 1.93. The second kappa shape index (κ2) is 5.59. The summed E-state index contributed by atoms with van der Waals surface area (Å²) < 4.78 is 0. The Kier molecular flexibility index (Phi) is 4.41. The van der Waals surface area contributed by atoms with Crippen molar-refractivity contribution in [3.63, 3.8) is 0 Å². The van der Waals surface area contributed by atoms with Gasteiger partial charge in [0.25, 0.3) is 0 Å². The predicted molar refractivity (Wildman–Crippen MR) is 66.0 cm³/mol. The van der Waals surface area contributed by atoms with Crippen molar-refractivity contribution in [1.29, 1.82) is 0 Å². The molecule has 0 bridgehead atoms. The van der Waals surface area contributed by atoms with Gasteiger partial charge in [-0.25, -0.2) is 0 Å². The van der Waals surface area contributed by atoms with Gasteiger partial charge in [0.15, 0.2) is 0 Å². The summed E-state index contributed by atoms with van der Waals surface area (Å²) in [5, 5.41) is 9.91. The van der Waals surface area contributed by atoms with Crippen LogP contribution >= 0.6 is 0 Å². The van der Waals surface area contributed by atoms with E-state index < -0.39 is 0 Å². The van der Waals surface area contributed by atoms with E-state index in [1.165, 1.54) is 11.1 Å². The van der Waals surface area contributed by atoms with E-state index in [-0.39, 0.29) is 0 Å². The molecule has 0 aromatic heterocycles. The number of phenols is 1. The molecule has 0 unspecified atom stereocenters. The molecule has 0 saturated heterocycles. The van der Waals surface area contributed by atoms with E-state index in [0.717, 1.165) is 24.8 Å². The number of aryl methyl sites for hydroxylation is 1. The van der Waals surface area contributed by atoms with Crippen molar-refractivity contribution >= 4 is 5.57 Å². The standard InChI is InChI=1S/C14H20O/c1-4-8-11(5-2)14-12(6-3)9-7-10-13(14)15/h5,7,9-10,15H,4,6,8H2,1-3H3/b11-5-. The number of phenolic OH excluding ortho intramolecular Hbond substituents is 1. The lowest BCUT2D eigenvalue weighted by Crippen LogP contribution is -1.93. The number of allylic oxidation sites excluding steroid dienone is 2. The maximum Gasteiger partial charge on any atom is 0.123 e. The molecule has 1 nitrogen and oxygen atoms in total. The summed E-state index contributed by atoms with van der Waals surface area (Å²) in [5.41, 5.74) is 3.54. The molecule has 82 valence electrons. The molecule has 1 aromatic rings. The molecule has 15 heavy (non-hydrogen) atoms. The molecule has 0 aliphatic carbocycles. The van der Waals surface area contributed by atoms with E-state index in [1.54, 1.807) is 6.07 Å². The van der Waals surface area contributed by atoms with Crippen LogP contribution in [0.3, 0.4) is 0 Å². The molecule has 0 heterocycles. The first kappa shape index (κ1) is 11.8. The molecule has 1 aromatic carbocycles. The van der Waals surface area contributed by atoms with Crippen LogP contribution in [0.5, 0.6) is 5.75 Å². The molecule has 0 radical (unpaired) electrons. The third-order valence-corrected chi connectivity index (χ3v) is 2.70. The zero-order valence-electron chi connectivity index (χ0n) is 9.88. The number of hydrogen-bond acceptors (Lipinski definition) is 1. The molecule has 0 aliphatic rings. The van der Waals surface area contributed by atoms with Gasteiger partial charge < -0.3 is 5.11 Å². The van der Waals surface area contributed by atoms with Crippen molar-refractivity contribution in [1.82, 2.24) is 0 Å². The Hall–Kier alpha value is -1.24. The third kappa shape index (κ3) is 2.62. The summed E-state index contributed by atoms with van der Waals surface area (Å²) in [6.07, 6.45) is 5.21. The van der Waals surface area contributed by atoms with E-state index >= 15 is 0 Å². The molecule has 0 atom stereocenters. The van der Waals surface area contributed by atoms with Crippen LogP contribution in [0, 0.1) is 0 Å². The van der Waals surface area contributed by atoms with E-state index in [4.69, 9.17) is 0 Å². The minimum absolute atomic E-state index is 0.413. The summed E-state index contributed by atoms with van der Waals surface area (Å²) in [5.74, 6) is 0.413. The van der Waals surface area contributed by atoms with Gasteiger partial charge in [0.2, 0.25) is 0 Å². The lowest BCUT2D eigenvalue weighted by atomic mass is 9.94. The van der Waals surface area contributed by atoms with Crippen LogP contribution in [-0.4, -0.2) is 5.11 Å². The number of benzene rings is 1. The van der Waals surface area contributed by atoms with Gasteiger partial charge in [0.05, 0.1) is 0 Å². The summed E-state index contributed by atoms with van der Waals surface area (Å²) in [7, 11) is 0. The second-order valence-electron chi connectivity index (χ2n) is 3.73. The van der Waals surface area contributed by atoms with Gasteiger partial charge >= 0.3 is 0 Å². The molecule has 0 saturated carbocycles. The number of rotatable bonds is 4. The van der Waals surface area contributed by atoms with Crippen molar-refractivity contribution in [2.75, 3.05) is 0 Å². The van der Waals surface area contributed by atoms with E-state index in [0.29, 0.717) is 5.75 Å². The van der Waals surface area contributed by atoms with Crippen LogP contribution in [0.2, 0.25) is 0 Å². The summed E-state index contributed by atoms with van der Waals surface area (Å²) in [4.78, 5) is 0. The molecule has 0 aliphatic heterocycles. The van der Waals surface area contributed by atoms with Crippen molar-refractivity contribution in [3.8, 4) is 5.75 Å². The van der Waals surface area contributed by atoms with Gasteiger partial charge in [0, 0.05) is 5.56 Å². The first-order chi connectivity index (χ1) is 7.24. The average Bonchev–Trinajstić information content (AvgIpc) is 2.26. The molecular formula is C14H20O. The SMILES string of the molecule is C/C=C(/CCC)c1c(O)cccc1CC. The zero-order valence-corrected chi connectivity index (χ0v) is 9.88. The predicted octanol–water partition coefficient (Wildman–Crippen LogP) is 4.16. The Morgan fingerprint density at radius 1 is 1.33 bits per heavy atom. The lowest BCUT2D eigenvalue weighted by molar-refractivity contribution is 0.472. The van der Waals surface area contributed by atoms with Crippen LogP contribution in [0.1, 0.15) is 44.7 Å². The highest BCUT2D eigenvalue weighted by Crippen LogP contribution is 2.31. The number of hydrogen-bond donors (Lipinski definition) is 1. The van der Waals surface area contributed by atoms with Gasteiger partial charge in [0.1, 0.15) is 5.75 Å². The van der Waals surface area contributed by atoms with Crippen LogP contribution in [0.4, 0.5) is 0 Å². The van der Waals surface area contributed by atoms with Crippen LogP contribution in [0.15, 0.2) is 24.3 Å². The first-order valence-electron chi connectivity index (χ1n) is 5.70. The maximum absolute atomic E-state index is 9.91. The van der Waals surface area contributed by atoms with E-state index in [9.17, 15) is 5.11 Å². The Morgan fingerprint density at radius 2 is 2.07 bits per heavy atom. The topological polar surface area (TPSA) is 20.2 Å². The van der Waals surface area contributed by atoms with E-state index in [2.05, 4.69) is 26.0 Å². The van der Waals surface area contributed by atoms with E-state index in [1.807, 2.05) is 13.0 Å². The summed E-state index contributed by atoms with van der Waals surface area (Å²) in [6, 6.07) is 5.78. The molecule has 0 spiro atoms. The quantitative estimate of drug-likeness (QED) is 0.780. The molecule has 1 rings (SSSR count). The zero-order chi connectivity index (χ0) is 11.3. The Bertz CT molecular complexity index is 350. The second-order valence-corrected chi connectivity index (χ2v) is 3.73. The molecule has 0 fully saturated rings. The molecule has 1 heteroatoms. The van der Waals surface area contributed by atoms with Gasteiger partial charge in [-0.15, -0.1) is 0 Å². The fourth-order valence-electron chi connectivity index (χ4n) is 1.93. The minimum Gasteiger partial charge on any atom is -0.507 e. The van der Waals surface area contributed by atoms with Gasteiger partial charge in [-0.2, -0.15) is 0 Å².